The van der Waals surface area contributed by atoms with Crippen LogP contribution < -0.4 is 11.1 Å². The van der Waals surface area contributed by atoms with Crippen molar-refractivity contribution in [2.45, 2.75) is 38.6 Å². The minimum Gasteiger partial charge on any atom is -0.349 e. The van der Waals surface area contributed by atoms with Crippen LogP contribution in [0, 0.1) is 5.92 Å². The van der Waals surface area contributed by atoms with Crippen LogP contribution in [0.1, 0.15) is 42.1 Å². The molecule has 3 N–H and O–H groups in total. The number of hydrogen-bond donors (Lipinski definition) is 2. The molecule has 1 amide bonds. The van der Waals surface area contributed by atoms with Gasteiger partial charge in [0, 0.05) is 11.6 Å². The molecule has 3 heteroatoms. The molecule has 1 atom stereocenters. The monoisotopic (exact) mass is 246 g/mol. The summed E-state index contributed by atoms with van der Waals surface area (Å²) in [6, 6.07) is 8.02. The van der Waals surface area contributed by atoms with Crippen molar-refractivity contribution in [1.29, 1.82) is 0 Å². The summed E-state index contributed by atoms with van der Waals surface area (Å²) in [6.45, 7) is 2.72. The minimum absolute atomic E-state index is 0.0354. The summed E-state index contributed by atoms with van der Waals surface area (Å²) in [4.78, 5) is 12.1. The van der Waals surface area contributed by atoms with Gasteiger partial charge >= 0.3 is 0 Å². The average Bonchev–Trinajstić information content (AvgIpc) is 2.27. The Bertz CT molecular complexity index is 413. The highest BCUT2D eigenvalue weighted by atomic mass is 16.1. The molecule has 2 rings (SSSR count). The molecule has 18 heavy (non-hydrogen) atoms. The van der Waals surface area contributed by atoms with Gasteiger partial charge in [0.15, 0.2) is 0 Å². The number of rotatable bonds is 5. The molecular formula is C15H22N2O. The second-order valence-electron chi connectivity index (χ2n) is 5.19. The summed E-state index contributed by atoms with van der Waals surface area (Å²) in [5, 5.41) is 3.10. The van der Waals surface area contributed by atoms with Crippen molar-refractivity contribution in [1.82, 2.24) is 5.32 Å². The third-order valence-electron chi connectivity index (χ3n) is 3.84. The van der Waals surface area contributed by atoms with Gasteiger partial charge in [-0.25, -0.2) is 0 Å². The standard InChI is InChI=1S/C15H22N2O/c1-11(13-5-3-6-13)17-15(18)14-7-2-4-12(10-14)8-9-16/h2,4,7,10-11,13H,3,5-6,8-9,16H2,1H3,(H,17,18). The van der Waals surface area contributed by atoms with E-state index < -0.39 is 0 Å². The molecule has 1 aliphatic rings. The van der Waals surface area contributed by atoms with Crippen molar-refractivity contribution in [3.05, 3.63) is 35.4 Å². The van der Waals surface area contributed by atoms with E-state index >= 15 is 0 Å². The SMILES string of the molecule is CC(NC(=O)c1cccc(CCN)c1)C1CCC1. The number of amides is 1. The van der Waals surface area contributed by atoms with Crippen LogP contribution in [0.3, 0.4) is 0 Å². The first-order chi connectivity index (χ1) is 8.70. The minimum atomic E-state index is 0.0354. The van der Waals surface area contributed by atoms with Gasteiger partial charge in [0.2, 0.25) is 0 Å². The van der Waals surface area contributed by atoms with Gasteiger partial charge in [-0.3, -0.25) is 4.79 Å². The van der Waals surface area contributed by atoms with Gasteiger partial charge in [0.05, 0.1) is 0 Å². The normalized spacial score (nSPS) is 17.0. The van der Waals surface area contributed by atoms with Crippen LogP contribution in [0.15, 0.2) is 24.3 Å². The maximum atomic E-state index is 12.1. The van der Waals surface area contributed by atoms with Crippen molar-refractivity contribution >= 4 is 5.91 Å². The third kappa shape index (κ3) is 3.10. The van der Waals surface area contributed by atoms with Crippen LogP contribution in [0.2, 0.25) is 0 Å². The Kier molecular flexibility index (Phi) is 4.37. The highest BCUT2D eigenvalue weighted by molar-refractivity contribution is 5.94. The highest BCUT2D eigenvalue weighted by Gasteiger charge is 2.25. The molecule has 0 aromatic heterocycles. The first-order valence-corrected chi connectivity index (χ1v) is 6.80. The lowest BCUT2D eigenvalue weighted by Crippen LogP contribution is -2.40. The van der Waals surface area contributed by atoms with Gasteiger partial charge in [-0.2, -0.15) is 0 Å². The van der Waals surface area contributed by atoms with E-state index in [2.05, 4.69) is 12.2 Å². The second-order valence-corrected chi connectivity index (χ2v) is 5.19. The summed E-state index contributed by atoms with van der Waals surface area (Å²) < 4.78 is 0. The highest BCUT2D eigenvalue weighted by Crippen LogP contribution is 2.29. The van der Waals surface area contributed by atoms with Gasteiger partial charge in [0.1, 0.15) is 0 Å². The van der Waals surface area contributed by atoms with E-state index in [9.17, 15) is 4.79 Å². The molecule has 1 aromatic carbocycles. The molecule has 1 fully saturated rings. The molecule has 0 radical (unpaired) electrons. The molecule has 1 saturated carbocycles. The zero-order chi connectivity index (χ0) is 13.0. The van der Waals surface area contributed by atoms with Crippen molar-refractivity contribution in [2.24, 2.45) is 11.7 Å². The van der Waals surface area contributed by atoms with Gasteiger partial charge in [-0.1, -0.05) is 18.6 Å². The molecule has 0 aliphatic heterocycles. The molecule has 0 heterocycles. The fourth-order valence-electron chi connectivity index (χ4n) is 2.38. The molecule has 0 bridgehead atoms. The van der Waals surface area contributed by atoms with E-state index in [1.165, 1.54) is 19.3 Å². The summed E-state index contributed by atoms with van der Waals surface area (Å²) in [5.41, 5.74) is 7.40. The lowest BCUT2D eigenvalue weighted by atomic mass is 9.80. The third-order valence-corrected chi connectivity index (χ3v) is 3.84. The number of benzene rings is 1. The summed E-state index contributed by atoms with van der Waals surface area (Å²) in [6.07, 6.45) is 4.61. The molecule has 98 valence electrons. The zero-order valence-electron chi connectivity index (χ0n) is 11.0. The Hall–Kier alpha value is -1.35. The van der Waals surface area contributed by atoms with Crippen LogP contribution in [0.25, 0.3) is 0 Å². The van der Waals surface area contributed by atoms with Crippen molar-refractivity contribution in [2.75, 3.05) is 6.54 Å². The van der Waals surface area contributed by atoms with E-state index in [-0.39, 0.29) is 11.9 Å². The number of carbonyl (C=O) groups excluding carboxylic acids is 1. The van der Waals surface area contributed by atoms with Gasteiger partial charge in [-0.15, -0.1) is 0 Å². The zero-order valence-corrected chi connectivity index (χ0v) is 11.0. The first kappa shape index (κ1) is 13.1. The smallest absolute Gasteiger partial charge is 0.251 e. The topological polar surface area (TPSA) is 55.1 Å². The molecule has 0 spiro atoms. The van der Waals surface area contributed by atoms with Crippen molar-refractivity contribution < 1.29 is 4.79 Å². The van der Waals surface area contributed by atoms with Crippen molar-refractivity contribution in [3.63, 3.8) is 0 Å². The molecule has 1 unspecified atom stereocenters. The van der Waals surface area contributed by atoms with E-state index in [0.717, 1.165) is 17.5 Å². The Morgan fingerprint density at radius 3 is 2.89 bits per heavy atom. The Labute approximate surface area is 109 Å². The quantitative estimate of drug-likeness (QED) is 0.836. The van der Waals surface area contributed by atoms with E-state index in [0.29, 0.717) is 12.5 Å². The van der Waals surface area contributed by atoms with Crippen LogP contribution in [-0.4, -0.2) is 18.5 Å². The Balaban J connectivity index is 1.96. The van der Waals surface area contributed by atoms with Crippen LogP contribution in [0.5, 0.6) is 0 Å². The largest absolute Gasteiger partial charge is 0.349 e. The number of nitrogens with two attached hydrogens (primary N) is 1. The summed E-state index contributed by atoms with van der Waals surface area (Å²) in [5.74, 6) is 0.703. The number of hydrogen-bond acceptors (Lipinski definition) is 2. The van der Waals surface area contributed by atoms with Gasteiger partial charge < -0.3 is 11.1 Å². The average molecular weight is 246 g/mol. The fourth-order valence-corrected chi connectivity index (χ4v) is 2.38. The van der Waals surface area contributed by atoms with E-state index in [1.54, 1.807) is 0 Å². The van der Waals surface area contributed by atoms with E-state index in [4.69, 9.17) is 5.73 Å². The Morgan fingerprint density at radius 2 is 2.28 bits per heavy atom. The summed E-state index contributed by atoms with van der Waals surface area (Å²) >= 11 is 0. The number of carbonyl (C=O) groups is 1. The van der Waals surface area contributed by atoms with Crippen LogP contribution >= 0.6 is 0 Å². The molecule has 3 nitrogen and oxygen atoms in total. The lowest BCUT2D eigenvalue weighted by Gasteiger charge is -2.31. The summed E-state index contributed by atoms with van der Waals surface area (Å²) in [7, 11) is 0. The predicted octanol–water partition coefficient (Wildman–Crippen LogP) is 2.11. The van der Waals surface area contributed by atoms with Crippen molar-refractivity contribution in [3.8, 4) is 0 Å². The molecule has 1 aromatic rings. The second kappa shape index (κ2) is 6.01. The lowest BCUT2D eigenvalue weighted by molar-refractivity contribution is 0.0909. The fraction of sp³-hybridized carbons (Fsp3) is 0.533. The van der Waals surface area contributed by atoms with Gasteiger partial charge in [0.25, 0.3) is 5.91 Å². The molecule has 1 aliphatic carbocycles. The first-order valence-electron chi connectivity index (χ1n) is 6.80. The van der Waals surface area contributed by atoms with Crippen LogP contribution in [-0.2, 0) is 6.42 Å². The maximum Gasteiger partial charge on any atom is 0.251 e. The Morgan fingerprint density at radius 1 is 1.50 bits per heavy atom. The van der Waals surface area contributed by atoms with E-state index in [1.807, 2.05) is 24.3 Å². The number of nitrogens with one attached hydrogen (secondary N) is 1. The van der Waals surface area contributed by atoms with Gasteiger partial charge in [-0.05, 0) is 56.3 Å². The van der Waals surface area contributed by atoms with Crippen LogP contribution in [0.4, 0.5) is 0 Å². The predicted molar refractivity (Wildman–Crippen MR) is 73.5 cm³/mol. The maximum absolute atomic E-state index is 12.1. The molecule has 0 saturated heterocycles. The molecular weight excluding hydrogens is 224 g/mol.